The first kappa shape index (κ1) is 16.5. The molecule has 0 aromatic heterocycles. The number of rotatable bonds is 7. The van der Waals surface area contributed by atoms with Crippen molar-refractivity contribution in [2.75, 3.05) is 18.4 Å². The Labute approximate surface area is 123 Å². The Balaban J connectivity index is 2.66. The number of benzene rings is 1. The second kappa shape index (κ2) is 7.87. The summed E-state index contributed by atoms with van der Waals surface area (Å²) in [6.45, 7) is 3.70. The topological polar surface area (TPSA) is 69.6 Å². The van der Waals surface area contributed by atoms with Crippen LogP contribution in [0.2, 0.25) is 5.02 Å². The van der Waals surface area contributed by atoms with Gasteiger partial charge in [0.1, 0.15) is 0 Å². The van der Waals surface area contributed by atoms with E-state index in [1.165, 1.54) is 0 Å². The molecule has 0 bridgehead atoms. The lowest BCUT2D eigenvalue weighted by molar-refractivity contribution is -0.139. The third-order valence-corrected chi connectivity index (χ3v) is 3.38. The molecule has 1 amide bonds. The summed E-state index contributed by atoms with van der Waals surface area (Å²) >= 11 is 5.96. The zero-order valence-corrected chi connectivity index (χ0v) is 12.4. The van der Waals surface area contributed by atoms with Gasteiger partial charge in [-0.2, -0.15) is 0 Å². The number of hydrogen-bond donors (Lipinski definition) is 2. The van der Waals surface area contributed by atoms with Gasteiger partial charge in [-0.15, -0.1) is 0 Å². The number of carbonyl (C=O) groups is 2. The summed E-state index contributed by atoms with van der Waals surface area (Å²) in [7, 11) is 0. The third-order valence-electron chi connectivity index (χ3n) is 3.05. The molecule has 0 saturated heterocycles. The minimum absolute atomic E-state index is 0.0168. The lowest BCUT2D eigenvalue weighted by atomic mass is 10.2. The molecule has 1 aromatic carbocycles. The highest BCUT2D eigenvalue weighted by molar-refractivity contribution is 6.33. The molecule has 0 aliphatic rings. The van der Waals surface area contributed by atoms with Gasteiger partial charge in [0, 0.05) is 6.04 Å². The largest absolute Gasteiger partial charge is 0.480 e. The molecule has 1 rings (SSSR count). The number of anilines is 1. The van der Waals surface area contributed by atoms with Crippen LogP contribution in [-0.2, 0) is 9.59 Å². The number of aliphatic carboxylic acids is 1. The van der Waals surface area contributed by atoms with Crippen LogP contribution < -0.4 is 5.32 Å². The lowest BCUT2D eigenvalue weighted by Gasteiger charge is -2.25. The molecule has 0 spiro atoms. The average Bonchev–Trinajstić information content (AvgIpc) is 2.39. The molecule has 0 aliphatic carbocycles. The van der Waals surface area contributed by atoms with E-state index in [1.54, 1.807) is 29.2 Å². The van der Waals surface area contributed by atoms with E-state index >= 15 is 0 Å². The maximum Gasteiger partial charge on any atom is 0.317 e. The van der Waals surface area contributed by atoms with Crippen LogP contribution >= 0.6 is 11.6 Å². The molecule has 6 heteroatoms. The quantitative estimate of drug-likeness (QED) is 0.811. The van der Waals surface area contributed by atoms with E-state index in [1.807, 2.05) is 13.8 Å². The fraction of sp³-hybridized carbons (Fsp3) is 0.429. The highest BCUT2D eigenvalue weighted by atomic mass is 35.5. The van der Waals surface area contributed by atoms with Crippen molar-refractivity contribution in [1.82, 2.24) is 4.90 Å². The van der Waals surface area contributed by atoms with Crippen LogP contribution in [0.3, 0.4) is 0 Å². The van der Waals surface area contributed by atoms with Gasteiger partial charge >= 0.3 is 5.97 Å². The zero-order valence-electron chi connectivity index (χ0n) is 11.6. The van der Waals surface area contributed by atoms with Gasteiger partial charge in [0.2, 0.25) is 5.91 Å². The molecule has 0 heterocycles. The number of amides is 1. The number of carboxylic acids is 1. The number of halogens is 1. The molecule has 0 fully saturated rings. The minimum atomic E-state index is -0.948. The van der Waals surface area contributed by atoms with Crippen molar-refractivity contribution in [3.63, 3.8) is 0 Å². The van der Waals surface area contributed by atoms with Gasteiger partial charge in [-0.3, -0.25) is 14.5 Å². The van der Waals surface area contributed by atoms with Gasteiger partial charge in [0.15, 0.2) is 0 Å². The molecule has 1 atom stereocenters. The maximum atomic E-state index is 12.0. The molecule has 0 saturated carbocycles. The van der Waals surface area contributed by atoms with Crippen molar-refractivity contribution in [3.8, 4) is 0 Å². The molecule has 5 nitrogen and oxygen atoms in total. The molecular formula is C14H19ClN2O3. The van der Waals surface area contributed by atoms with E-state index in [-0.39, 0.29) is 25.0 Å². The molecule has 1 aromatic rings. The zero-order chi connectivity index (χ0) is 15.1. The van der Waals surface area contributed by atoms with Gasteiger partial charge < -0.3 is 10.4 Å². The molecule has 0 radical (unpaired) electrons. The molecule has 0 aliphatic heterocycles. The van der Waals surface area contributed by atoms with Crippen LogP contribution in [0.5, 0.6) is 0 Å². The van der Waals surface area contributed by atoms with Crippen molar-refractivity contribution in [1.29, 1.82) is 0 Å². The number of hydrogen-bond acceptors (Lipinski definition) is 3. The first-order chi connectivity index (χ1) is 9.43. The van der Waals surface area contributed by atoms with Crippen molar-refractivity contribution >= 4 is 29.2 Å². The van der Waals surface area contributed by atoms with E-state index in [4.69, 9.17) is 16.7 Å². The Bertz CT molecular complexity index is 479. The van der Waals surface area contributed by atoms with Crippen LogP contribution in [0.1, 0.15) is 20.3 Å². The number of carbonyl (C=O) groups excluding carboxylic acids is 1. The smallest absolute Gasteiger partial charge is 0.317 e. The number of carboxylic acid groups (broad SMARTS) is 1. The average molecular weight is 299 g/mol. The van der Waals surface area contributed by atoms with Gasteiger partial charge in [-0.25, -0.2) is 0 Å². The normalized spacial score (nSPS) is 12.2. The van der Waals surface area contributed by atoms with Crippen LogP contribution in [-0.4, -0.2) is 41.0 Å². The van der Waals surface area contributed by atoms with Crippen molar-refractivity contribution in [2.45, 2.75) is 26.3 Å². The summed E-state index contributed by atoms with van der Waals surface area (Å²) in [5.41, 5.74) is 0.526. The highest BCUT2D eigenvalue weighted by Crippen LogP contribution is 2.20. The summed E-state index contributed by atoms with van der Waals surface area (Å²) in [4.78, 5) is 24.4. The second-order valence-electron chi connectivity index (χ2n) is 4.58. The van der Waals surface area contributed by atoms with E-state index in [2.05, 4.69) is 5.32 Å². The summed E-state index contributed by atoms with van der Waals surface area (Å²) < 4.78 is 0. The Hall–Kier alpha value is -1.59. The molecule has 20 heavy (non-hydrogen) atoms. The summed E-state index contributed by atoms with van der Waals surface area (Å²) in [6.07, 6.45) is 0.770. The van der Waals surface area contributed by atoms with Crippen LogP contribution in [0, 0.1) is 0 Å². The highest BCUT2D eigenvalue weighted by Gasteiger charge is 2.19. The Morgan fingerprint density at radius 1 is 1.35 bits per heavy atom. The van der Waals surface area contributed by atoms with Crippen LogP contribution in [0.25, 0.3) is 0 Å². The SMILES string of the molecule is CCC(C)N(CC(=O)O)CC(=O)Nc1ccccc1Cl. The predicted octanol–water partition coefficient (Wildman–Crippen LogP) is 2.46. The van der Waals surface area contributed by atoms with E-state index in [0.29, 0.717) is 10.7 Å². The Morgan fingerprint density at radius 2 is 2.00 bits per heavy atom. The molecule has 1 unspecified atom stereocenters. The fourth-order valence-electron chi connectivity index (χ4n) is 1.74. The molecule has 110 valence electrons. The fourth-order valence-corrected chi connectivity index (χ4v) is 1.92. The minimum Gasteiger partial charge on any atom is -0.480 e. The predicted molar refractivity (Wildman–Crippen MR) is 79.0 cm³/mol. The number of nitrogens with zero attached hydrogens (tertiary/aromatic N) is 1. The van der Waals surface area contributed by atoms with Gasteiger partial charge in [0.05, 0.1) is 23.8 Å². The molecular weight excluding hydrogens is 280 g/mol. The van der Waals surface area contributed by atoms with E-state index in [9.17, 15) is 9.59 Å². The summed E-state index contributed by atoms with van der Waals surface area (Å²) in [5.74, 6) is -1.23. The Morgan fingerprint density at radius 3 is 2.55 bits per heavy atom. The number of nitrogens with one attached hydrogen (secondary N) is 1. The standard InChI is InChI=1S/C14H19ClN2O3/c1-3-10(2)17(9-14(19)20)8-13(18)16-12-7-5-4-6-11(12)15/h4-7,10H,3,8-9H2,1-2H3,(H,16,18)(H,19,20). The van der Waals surface area contributed by atoms with Crippen molar-refractivity contribution in [3.05, 3.63) is 29.3 Å². The Kier molecular flexibility index (Phi) is 6.48. The maximum absolute atomic E-state index is 12.0. The van der Waals surface area contributed by atoms with Gasteiger partial charge in [0.25, 0.3) is 0 Å². The van der Waals surface area contributed by atoms with E-state index < -0.39 is 5.97 Å². The first-order valence-corrected chi connectivity index (χ1v) is 6.82. The summed E-state index contributed by atoms with van der Waals surface area (Å²) in [6, 6.07) is 6.94. The second-order valence-corrected chi connectivity index (χ2v) is 4.99. The monoisotopic (exact) mass is 298 g/mol. The van der Waals surface area contributed by atoms with Crippen molar-refractivity contribution < 1.29 is 14.7 Å². The van der Waals surface area contributed by atoms with Crippen molar-refractivity contribution in [2.24, 2.45) is 0 Å². The molecule has 2 N–H and O–H groups in total. The number of para-hydroxylation sites is 1. The van der Waals surface area contributed by atoms with Crippen LogP contribution in [0.15, 0.2) is 24.3 Å². The van der Waals surface area contributed by atoms with Crippen LogP contribution in [0.4, 0.5) is 5.69 Å². The van der Waals surface area contributed by atoms with E-state index in [0.717, 1.165) is 6.42 Å². The summed E-state index contributed by atoms with van der Waals surface area (Å²) in [5, 5.41) is 12.0. The lowest BCUT2D eigenvalue weighted by Crippen LogP contribution is -2.42. The third kappa shape index (κ3) is 5.19. The van der Waals surface area contributed by atoms with Gasteiger partial charge in [-0.05, 0) is 25.5 Å². The first-order valence-electron chi connectivity index (χ1n) is 6.44. The van der Waals surface area contributed by atoms with Gasteiger partial charge in [-0.1, -0.05) is 30.7 Å².